The smallest absolute Gasteiger partial charge is 0.197 e. The van der Waals surface area contributed by atoms with Crippen molar-refractivity contribution < 1.29 is 0 Å². The van der Waals surface area contributed by atoms with Crippen molar-refractivity contribution in [2.45, 2.75) is 43.8 Å². The van der Waals surface area contributed by atoms with Gasteiger partial charge in [-0.15, -0.1) is 0 Å². The van der Waals surface area contributed by atoms with Crippen LogP contribution in [0.3, 0.4) is 0 Å². The van der Waals surface area contributed by atoms with Gasteiger partial charge < -0.3 is 16.4 Å². The van der Waals surface area contributed by atoms with Crippen molar-refractivity contribution in [3.05, 3.63) is 65.6 Å². The van der Waals surface area contributed by atoms with E-state index in [0.717, 1.165) is 12.1 Å². The second-order valence-corrected chi connectivity index (χ2v) is 6.77. The Balaban J connectivity index is 1.56. The van der Waals surface area contributed by atoms with E-state index in [0.29, 0.717) is 11.9 Å². The van der Waals surface area contributed by atoms with Crippen molar-refractivity contribution in [1.82, 2.24) is 20.8 Å². The predicted octanol–water partition coefficient (Wildman–Crippen LogP) is 2.61. The molecule has 4 rings (SSSR count). The Morgan fingerprint density at radius 3 is 2.84 bits per heavy atom. The van der Waals surface area contributed by atoms with Gasteiger partial charge in [0.15, 0.2) is 11.6 Å². The zero-order valence-electron chi connectivity index (χ0n) is 14.4. The van der Waals surface area contributed by atoms with Gasteiger partial charge in [-0.25, -0.2) is 4.99 Å². The third-order valence-corrected chi connectivity index (χ3v) is 4.79. The highest BCUT2D eigenvalue weighted by atomic mass is 15.3. The van der Waals surface area contributed by atoms with Crippen LogP contribution in [-0.4, -0.2) is 16.2 Å². The minimum atomic E-state index is -0.858. The van der Waals surface area contributed by atoms with E-state index in [9.17, 15) is 0 Å². The number of hydrogen-bond donors (Lipinski definition) is 4. The van der Waals surface area contributed by atoms with Crippen LogP contribution < -0.4 is 16.4 Å². The Labute approximate surface area is 147 Å². The van der Waals surface area contributed by atoms with Crippen molar-refractivity contribution in [3.63, 3.8) is 0 Å². The standard InChI is InChI=1S/C19H24N6/c1-2-15(13-6-4-3-5-7-13)22-18-21-11-10-19(20,23-18)17-12-16(24-25-17)14-8-9-14/h3-7,10-12,14-15H,2,8-9,20H2,1H3,(H,24,25)(H2,21,22,23)/t15-,19?/m0/s1. The summed E-state index contributed by atoms with van der Waals surface area (Å²) >= 11 is 0. The average Bonchev–Trinajstić information content (AvgIpc) is 3.36. The fourth-order valence-electron chi connectivity index (χ4n) is 3.13. The first-order valence-electron chi connectivity index (χ1n) is 8.88. The van der Waals surface area contributed by atoms with E-state index in [2.05, 4.69) is 46.0 Å². The molecule has 2 aromatic rings. The highest BCUT2D eigenvalue weighted by molar-refractivity contribution is 5.83. The van der Waals surface area contributed by atoms with E-state index >= 15 is 0 Å². The summed E-state index contributed by atoms with van der Waals surface area (Å²) in [5.41, 5.74) is 8.84. The molecule has 1 aromatic heterocycles. The number of benzene rings is 1. The van der Waals surface area contributed by atoms with Gasteiger partial charge in [-0.3, -0.25) is 5.10 Å². The van der Waals surface area contributed by atoms with Crippen molar-refractivity contribution in [1.29, 1.82) is 0 Å². The molecule has 6 heteroatoms. The lowest BCUT2D eigenvalue weighted by Gasteiger charge is -2.31. The maximum atomic E-state index is 6.56. The number of nitrogens with two attached hydrogens (primary N) is 1. The monoisotopic (exact) mass is 336 g/mol. The van der Waals surface area contributed by atoms with Crippen LogP contribution in [0.5, 0.6) is 0 Å². The molecule has 0 bridgehead atoms. The second kappa shape index (κ2) is 6.37. The van der Waals surface area contributed by atoms with E-state index in [1.54, 1.807) is 0 Å². The van der Waals surface area contributed by atoms with E-state index in [-0.39, 0.29) is 6.04 Å². The lowest BCUT2D eigenvalue weighted by molar-refractivity contribution is 0.481. The summed E-state index contributed by atoms with van der Waals surface area (Å²) < 4.78 is 0. The number of aliphatic imine (C=N–C) groups is 1. The SMILES string of the molecule is CC[C@H](N=C1NC=CC(N)(c2cc(C3CC3)[nH]n2)N1)c1ccccc1. The maximum Gasteiger partial charge on any atom is 0.197 e. The van der Waals surface area contributed by atoms with Crippen LogP contribution >= 0.6 is 0 Å². The van der Waals surface area contributed by atoms with Gasteiger partial charge in [-0.2, -0.15) is 5.10 Å². The van der Waals surface area contributed by atoms with Gasteiger partial charge in [0, 0.05) is 17.8 Å². The highest BCUT2D eigenvalue weighted by Gasteiger charge is 2.33. The zero-order chi connectivity index (χ0) is 17.3. The molecule has 2 atom stereocenters. The van der Waals surface area contributed by atoms with Gasteiger partial charge >= 0.3 is 0 Å². The molecule has 1 unspecified atom stereocenters. The molecule has 2 heterocycles. The Morgan fingerprint density at radius 2 is 2.12 bits per heavy atom. The number of nitrogens with one attached hydrogen (secondary N) is 3. The van der Waals surface area contributed by atoms with Crippen molar-refractivity contribution in [3.8, 4) is 0 Å². The van der Waals surface area contributed by atoms with Crippen LogP contribution in [0.2, 0.25) is 0 Å². The molecule has 25 heavy (non-hydrogen) atoms. The van der Waals surface area contributed by atoms with Crippen LogP contribution in [0.4, 0.5) is 0 Å². The van der Waals surface area contributed by atoms with E-state index < -0.39 is 5.66 Å². The predicted molar refractivity (Wildman–Crippen MR) is 98.7 cm³/mol. The first-order valence-corrected chi connectivity index (χ1v) is 8.88. The lowest BCUT2D eigenvalue weighted by Crippen LogP contribution is -2.57. The fourth-order valence-corrected chi connectivity index (χ4v) is 3.13. The normalized spacial score (nSPS) is 25.4. The number of guanidine groups is 1. The first-order chi connectivity index (χ1) is 12.2. The topological polar surface area (TPSA) is 91.1 Å². The van der Waals surface area contributed by atoms with E-state index in [1.807, 2.05) is 30.5 Å². The molecule has 1 aliphatic carbocycles. The molecule has 2 aliphatic rings. The quantitative estimate of drug-likeness (QED) is 0.675. The third-order valence-electron chi connectivity index (χ3n) is 4.79. The van der Waals surface area contributed by atoms with Gasteiger partial charge in [-0.1, -0.05) is 37.3 Å². The zero-order valence-corrected chi connectivity index (χ0v) is 14.4. The Hall–Kier alpha value is -2.60. The summed E-state index contributed by atoms with van der Waals surface area (Å²) in [6, 6.07) is 12.4. The molecule has 1 aliphatic heterocycles. The van der Waals surface area contributed by atoms with Crippen molar-refractivity contribution >= 4 is 5.96 Å². The largest absolute Gasteiger partial charge is 0.333 e. The van der Waals surface area contributed by atoms with E-state index in [1.165, 1.54) is 24.1 Å². The first kappa shape index (κ1) is 15.9. The Bertz CT molecular complexity index is 789. The van der Waals surface area contributed by atoms with E-state index in [4.69, 9.17) is 10.7 Å². The summed E-state index contributed by atoms with van der Waals surface area (Å²) in [5.74, 6) is 1.28. The number of nitrogens with zero attached hydrogens (tertiary/aromatic N) is 2. The molecule has 1 saturated carbocycles. The molecule has 130 valence electrons. The maximum absolute atomic E-state index is 6.56. The summed E-state index contributed by atoms with van der Waals surface area (Å²) in [6.07, 6.45) is 7.07. The molecule has 6 nitrogen and oxygen atoms in total. The van der Waals surface area contributed by atoms with Crippen LogP contribution in [0, 0.1) is 0 Å². The molecule has 5 N–H and O–H groups in total. The molecular weight excluding hydrogens is 312 g/mol. The molecular formula is C19H24N6. The van der Waals surface area contributed by atoms with Gasteiger partial charge in [0.05, 0.1) is 6.04 Å². The number of aromatic nitrogens is 2. The molecule has 1 aromatic carbocycles. The van der Waals surface area contributed by atoms with Crippen LogP contribution in [0.15, 0.2) is 53.7 Å². The van der Waals surface area contributed by atoms with Crippen molar-refractivity contribution in [2.24, 2.45) is 10.7 Å². The Kier molecular flexibility index (Phi) is 4.05. The number of aromatic amines is 1. The molecule has 0 saturated heterocycles. The third kappa shape index (κ3) is 3.30. The summed E-state index contributed by atoms with van der Waals surface area (Å²) in [4.78, 5) is 4.82. The number of rotatable bonds is 5. The highest BCUT2D eigenvalue weighted by Crippen LogP contribution is 2.39. The lowest BCUT2D eigenvalue weighted by atomic mass is 10.0. The minimum absolute atomic E-state index is 0.0770. The minimum Gasteiger partial charge on any atom is -0.333 e. The van der Waals surface area contributed by atoms with Gasteiger partial charge in [0.1, 0.15) is 5.69 Å². The van der Waals surface area contributed by atoms with Crippen molar-refractivity contribution in [2.75, 3.05) is 0 Å². The van der Waals surface area contributed by atoms with Gasteiger partial charge in [-0.05, 0) is 37.0 Å². The summed E-state index contributed by atoms with van der Waals surface area (Å²) in [5, 5.41) is 14.0. The molecule has 0 radical (unpaired) electrons. The fraction of sp³-hybridized carbons (Fsp3) is 0.368. The molecule has 0 spiro atoms. The summed E-state index contributed by atoms with van der Waals surface area (Å²) in [7, 11) is 0. The molecule has 0 amide bonds. The average molecular weight is 336 g/mol. The van der Waals surface area contributed by atoms with Gasteiger partial charge in [0.25, 0.3) is 0 Å². The number of hydrogen-bond acceptors (Lipinski definition) is 3. The van der Waals surface area contributed by atoms with Crippen LogP contribution in [0.1, 0.15) is 55.1 Å². The number of H-pyrrole nitrogens is 1. The summed E-state index contributed by atoms with van der Waals surface area (Å²) in [6.45, 7) is 2.13. The molecule has 1 fully saturated rings. The van der Waals surface area contributed by atoms with Crippen LogP contribution in [0.25, 0.3) is 0 Å². The Morgan fingerprint density at radius 1 is 1.32 bits per heavy atom. The van der Waals surface area contributed by atoms with Crippen LogP contribution in [-0.2, 0) is 5.66 Å². The van der Waals surface area contributed by atoms with Gasteiger partial charge in [0.2, 0.25) is 0 Å². The second-order valence-electron chi connectivity index (χ2n) is 6.77.